The summed E-state index contributed by atoms with van der Waals surface area (Å²) >= 11 is 0. The average Bonchev–Trinajstić information content (AvgIpc) is 2.50. The van der Waals surface area contributed by atoms with Crippen molar-refractivity contribution in [2.24, 2.45) is 0 Å². The molecule has 2 aromatic rings. The topological polar surface area (TPSA) is 96.0 Å². The number of anilines is 1. The molecule has 1 aromatic carbocycles. The van der Waals surface area contributed by atoms with Crippen molar-refractivity contribution in [2.45, 2.75) is 6.54 Å². The van der Waals surface area contributed by atoms with E-state index < -0.39 is 24.0 Å². The minimum absolute atomic E-state index is 0.0426. The molecule has 0 saturated carbocycles. The number of hydrogen-bond acceptors (Lipinski definition) is 3. The van der Waals surface area contributed by atoms with Crippen molar-refractivity contribution in [1.29, 1.82) is 0 Å². The number of carbonyl (C=O) groups is 1. The number of halogens is 1. The molecule has 0 unspecified atom stereocenters. The lowest BCUT2D eigenvalue weighted by Crippen LogP contribution is -2.30. The first-order chi connectivity index (χ1) is 10.6. The Bertz CT molecular complexity index is 752. The summed E-state index contributed by atoms with van der Waals surface area (Å²) in [5.74, 6) is 0. The van der Waals surface area contributed by atoms with Crippen molar-refractivity contribution in [2.75, 3.05) is 18.5 Å². The quantitative estimate of drug-likeness (QED) is 0.758. The van der Waals surface area contributed by atoms with E-state index in [1.54, 1.807) is 24.3 Å². The van der Waals surface area contributed by atoms with E-state index in [0.717, 1.165) is 5.56 Å². The summed E-state index contributed by atoms with van der Waals surface area (Å²) in [5, 5.41) is 4.90. The minimum atomic E-state index is -0.625. The second-order valence-corrected chi connectivity index (χ2v) is 4.50. The van der Waals surface area contributed by atoms with Crippen LogP contribution in [0.25, 0.3) is 0 Å². The summed E-state index contributed by atoms with van der Waals surface area (Å²) in [7, 11) is 0. The summed E-state index contributed by atoms with van der Waals surface area (Å²) in [6.07, 6.45) is 1.41. The lowest BCUT2D eigenvalue weighted by atomic mass is 10.2. The van der Waals surface area contributed by atoms with Gasteiger partial charge in [-0.25, -0.2) is 14.0 Å². The van der Waals surface area contributed by atoms with Crippen LogP contribution in [0.3, 0.4) is 0 Å². The number of hydrogen-bond donors (Lipinski definition) is 3. The second-order valence-electron chi connectivity index (χ2n) is 4.50. The third-order valence-corrected chi connectivity index (χ3v) is 2.84. The van der Waals surface area contributed by atoms with E-state index in [4.69, 9.17) is 0 Å². The predicted octanol–water partition coefficient (Wildman–Crippen LogP) is 0.676. The second kappa shape index (κ2) is 7.21. The summed E-state index contributed by atoms with van der Waals surface area (Å²) in [4.78, 5) is 36.1. The lowest BCUT2D eigenvalue weighted by molar-refractivity contribution is 0.251. The molecule has 3 N–H and O–H groups in total. The Morgan fingerprint density at radius 1 is 1.18 bits per heavy atom. The molecule has 0 spiro atoms. The SMILES string of the molecule is O=C(NCCF)Nc1ccc(Cn2ccc(=O)[nH]c2=O)cc1. The number of aromatic amines is 1. The van der Waals surface area contributed by atoms with Crippen LogP contribution in [-0.4, -0.2) is 28.8 Å². The van der Waals surface area contributed by atoms with Crippen molar-refractivity contribution in [3.8, 4) is 0 Å². The number of urea groups is 1. The molecule has 2 amide bonds. The largest absolute Gasteiger partial charge is 0.335 e. The van der Waals surface area contributed by atoms with Crippen molar-refractivity contribution >= 4 is 11.7 Å². The molecule has 1 aromatic heterocycles. The molecule has 0 aliphatic heterocycles. The van der Waals surface area contributed by atoms with Crippen LogP contribution in [0.15, 0.2) is 46.1 Å². The molecular formula is C14H15FN4O3. The van der Waals surface area contributed by atoms with Gasteiger partial charge in [-0.15, -0.1) is 0 Å². The van der Waals surface area contributed by atoms with E-state index in [0.29, 0.717) is 12.2 Å². The molecule has 1 heterocycles. The number of H-pyrrole nitrogens is 1. The number of alkyl halides is 1. The molecule has 0 atom stereocenters. The summed E-state index contributed by atoms with van der Waals surface area (Å²) in [5.41, 5.74) is 0.443. The first kappa shape index (κ1) is 15.5. The van der Waals surface area contributed by atoms with Crippen LogP contribution in [0.2, 0.25) is 0 Å². The maximum atomic E-state index is 11.9. The molecule has 116 valence electrons. The van der Waals surface area contributed by atoms with Gasteiger partial charge in [-0.3, -0.25) is 14.3 Å². The van der Waals surface area contributed by atoms with Gasteiger partial charge in [0.2, 0.25) is 0 Å². The summed E-state index contributed by atoms with van der Waals surface area (Å²) in [6.45, 7) is -0.372. The van der Waals surface area contributed by atoms with Crippen LogP contribution in [-0.2, 0) is 6.54 Å². The Hall–Kier alpha value is -2.90. The number of amides is 2. The minimum Gasteiger partial charge on any atom is -0.335 e. The van der Waals surface area contributed by atoms with E-state index in [9.17, 15) is 18.8 Å². The number of carbonyl (C=O) groups excluding carboxylic acids is 1. The van der Waals surface area contributed by atoms with Crippen LogP contribution < -0.4 is 21.9 Å². The first-order valence-corrected chi connectivity index (χ1v) is 6.58. The highest BCUT2D eigenvalue weighted by molar-refractivity contribution is 5.89. The lowest BCUT2D eigenvalue weighted by Gasteiger charge is -2.08. The smallest absolute Gasteiger partial charge is 0.328 e. The monoisotopic (exact) mass is 306 g/mol. The Labute approximate surface area is 124 Å². The van der Waals surface area contributed by atoms with Gasteiger partial charge in [0, 0.05) is 24.5 Å². The molecule has 0 aliphatic carbocycles. The number of nitrogens with one attached hydrogen (secondary N) is 3. The van der Waals surface area contributed by atoms with Gasteiger partial charge in [0.15, 0.2) is 0 Å². The van der Waals surface area contributed by atoms with Crippen molar-refractivity contribution in [3.05, 3.63) is 62.9 Å². The van der Waals surface area contributed by atoms with Gasteiger partial charge in [-0.1, -0.05) is 12.1 Å². The third kappa shape index (κ3) is 4.30. The Balaban J connectivity index is 2.01. The standard InChI is InChI=1S/C14H15FN4O3/c15-6-7-16-13(21)17-11-3-1-10(2-4-11)9-19-8-5-12(20)18-14(19)22/h1-5,8H,6-7,9H2,(H2,16,17,21)(H,18,20,22). The molecule has 0 aliphatic rings. The zero-order valence-corrected chi connectivity index (χ0v) is 11.6. The zero-order chi connectivity index (χ0) is 15.9. The van der Waals surface area contributed by atoms with Gasteiger partial charge >= 0.3 is 11.7 Å². The van der Waals surface area contributed by atoms with Crippen molar-refractivity contribution in [1.82, 2.24) is 14.9 Å². The highest BCUT2D eigenvalue weighted by Gasteiger charge is 2.02. The third-order valence-electron chi connectivity index (χ3n) is 2.84. The van der Waals surface area contributed by atoms with E-state index in [-0.39, 0.29) is 6.54 Å². The molecular weight excluding hydrogens is 291 g/mol. The molecule has 8 heteroatoms. The summed E-state index contributed by atoms with van der Waals surface area (Å²) < 4.78 is 13.3. The molecule has 0 saturated heterocycles. The van der Waals surface area contributed by atoms with Gasteiger partial charge in [-0.05, 0) is 17.7 Å². The molecule has 2 rings (SSSR count). The normalized spacial score (nSPS) is 10.2. The first-order valence-electron chi connectivity index (χ1n) is 6.58. The fraction of sp³-hybridized carbons (Fsp3) is 0.214. The molecule has 0 radical (unpaired) electrons. The number of aromatic nitrogens is 2. The van der Waals surface area contributed by atoms with Crippen LogP contribution in [0.5, 0.6) is 0 Å². The fourth-order valence-corrected chi connectivity index (χ4v) is 1.79. The fourth-order valence-electron chi connectivity index (χ4n) is 1.79. The van der Waals surface area contributed by atoms with Gasteiger partial charge in [0.05, 0.1) is 6.54 Å². The molecule has 22 heavy (non-hydrogen) atoms. The Morgan fingerprint density at radius 3 is 2.55 bits per heavy atom. The summed E-state index contributed by atoms with van der Waals surface area (Å²) in [6, 6.07) is 7.60. The van der Waals surface area contributed by atoms with Gasteiger partial charge in [0.1, 0.15) is 6.67 Å². The maximum Gasteiger partial charge on any atom is 0.328 e. The number of benzene rings is 1. The highest BCUT2D eigenvalue weighted by Crippen LogP contribution is 2.10. The molecule has 7 nitrogen and oxygen atoms in total. The Kier molecular flexibility index (Phi) is 5.07. The molecule has 0 fully saturated rings. The van der Waals surface area contributed by atoms with Gasteiger partial charge in [-0.2, -0.15) is 0 Å². The molecule has 0 bridgehead atoms. The van der Waals surface area contributed by atoms with Crippen LogP contribution in [0.1, 0.15) is 5.56 Å². The maximum absolute atomic E-state index is 11.9. The van der Waals surface area contributed by atoms with E-state index in [1.165, 1.54) is 16.8 Å². The zero-order valence-electron chi connectivity index (χ0n) is 11.6. The van der Waals surface area contributed by atoms with Crippen molar-refractivity contribution in [3.63, 3.8) is 0 Å². The average molecular weight is 306 g/mol. The van der Waals surface area contributed by atoms with Crippen LogP contribution in [0, 0.1) is 0 Å². The highest BCUT2D eigenvalue weighted by atomic mass is 19.1. The number of rotatable bonds is 5. The van der Waals surface area contributed by atoms with Gasteiger partial charge in [0.25, 0.3) is 5.56 Å². The van der Waals surface area contributed by atoms with E-state index >= 15 is 0 Å². The van der Waals surface area contributed by atoms with Gasteiger partial charge < -0.3 is 10.6 Å². The van der Waals surface area contributed by atoms with E-state index in [2.05, 4.69) is 15.6 Å². The predicted molar refractivity (Wildman–Crippen MR) is 79.9 cm³/mol. The van der Waals surface area contributed by atoms with Crippen molar-refractivity contribution < 1.29 is 9.18 Å². The number of nitrogens with zero attached hydrogens (tertiary/aromatic N) is 1. The van der Waals surface area contributed by atoms with Crippen LogP contribution >= 0.6 is 0 Å². The van der Waals surface area contributed by atoms with Crippen LogP contribution in [0.4, 0.5) is 14.9 Å². The Morgan fingerprint density at radius 2 is 1.91 bits per heavy atom. The van der Waals surface area contributed by atoms with E-state index in [1.807, 2.05) is 0 Å².